The first kappa shape index (κ1) is 13.0. The maximum atomic E-state index is 6.13. The molecule has 1 fully saturated rings. The molecular weight excluding hydrogens is 277 g/mol. The number of halogens is 2. The quantitative estimate of drug-likeness (QED) is 0.844. The first-order chi connectivity index (χ1) is 9.22. The Morgan fingerprint density at radius 2 is 1.79 bits per heavy atom. The van der Waals surface area contributed by atoms with Crippen LogP contribution >= 0.6 is 23.2 Å². The van der Waals surface area contributed by atoms with Crippen molar-refractivity contribution in [1.29, 1.82) is 0 Å². The number of hydrogen-bond donors (Lipinski definition) is 1. The minimum Gasteiger partial charge on any atom is -0.310 e. The fourth-order valence-corrected chi connectivity index (χ4v) is 2.53. The number of rotatable bonds is 4. The summed E-state index contributed by atoms with van der Waals surface area (Å²) in [6.07, 6.45) is 2.58. The average Bonchev–Trinajstić information content (AvgIpc) is 3.21. The van der Waals surface area contributed by atoms with Crippen molar-refractivity contribution in [2.45, 2.75) is 25.4 Å². The Kier molecular flexibility index (Phi) is 3.79. The Balaban J connectivity index is 1.94. The molecule has 0 aromatic heterocycles. The summed E-state index contributed by atoms with van der Waals surface area (Å²) in [7, 11) is 0. The van der Waals surface area contributed by atoms with Gasteiger partial charge in [0.15, 0.2) is 0 Å². The second-order valence-corrected chi connectivity index (χ2v) is 5.84. The predicted molar refractivity (Wildman–Crippen MR) is 81.8 cm³/mol. The van der Waals surface area contributed by atoms with Gasteiger partial charge in [-0.2, -0.15) is 0 Å². The molecule has 0 spiro atoms. The lowest BCUT2D eigenvalue weighted by Gasteiger charge is -2.11. The lowest BCUT2D eigenvalue weighted by molar-refractivity contribution is 0.689. The van der Waals surface area contributed by atoms with Crippen LogP contribution in [0.25, 0.3) is 11.1 Å². The van der Waals surface area contributed by atoms with Crippen molar-refractivity contribution in [3.8, 4) is 11.1 Å². The highest BCUT2D eigenvalue weighted by Gasteiger charge is 2.20. The SMILES string of the molecule is Clc1cccc(-c2cc(Cl)ccc2CNC2CC2)c1. The van der Waals surface area contributed by atoms with E-state index >= 15 is 0 Å². The molecule has 0 radical (unpaired) electrons. The zero-order chi connectivity index (χ0) is 13.2. The molecule has 1 saturated carbocycles. The van der Waals surface area contributed by atoms with Gasteiger partial charge in [0.2, 0.25) is 0 Å². The van der Waals surface area contributed by atoms with Crippen molar-refractivity contribution in [3.63, 3.8) is 0 Å². The van der Waals surface area contributed by atoms with E-state index in [2.05, 4.69) is 17.4 Å². The molecule has 0 bridgehead atoms. The fraction of sp³-hybridized carbons (Fsp3) is 0.250. The number of benzene rings is 2. The van der Waals surface area contributed by atoms with E-state index in [0.29, 0.717) is 6.04 Å². The monoisotopic (exact) mass is 291 g/mol. The first-order valence-electron chi connectivity index (χ1n) is 6.50. The molecule has 2 aromatic carbocycles. The maximum Gasteiger partial charge on any atom is 0.0412 e. The Morgan fingerprint density at radius 1 is 1.00 bits per heavy atom. The summed E-state index contributed by atoms with van der Waals surface area (Å²) in [6.45, 7) is 0.879. The summed E-state index contributed by atoms with van der Waals surface area (Å²) in [5.74, 6) is 0. The van der Waals surface area contributed by atoms with Gasteiger partial charge in [-0.15, -0.1) is 0 Å². The van der Waals surface area contributed by atoms with Gasteiger partial charge < -0.3 is 5.32 Å². The standard InChI is InChI=1S/C16H15Cl2N/c17-13-3-1-2-11(8-13)16-9-14(18)5-4-12(16)10-19-15-6-7-15/h1-5,8-9,15,19H,6-7,10H2. The normalized spacial score (nSPS) is 14.6. The van der Waals surface area contributed by atoms with E-state index < -0.39 is 0 Å². The van der Waals surface area contributed by atoms with Crippen LogP contribution in [0.4, 0.5) is 0 Å². The minimum atomic E-state index is 0.697. The fourth-order valence-electron chi connectivity index (χ4n) is 2.17. The van der Waals surface area contributed by atoms with Crippen LogP contribution in [0.5, 0.6) is 0 Å². The molecular formula is C16H15Cl2N. The molecule has 0 aliphatic heterocycles. The zero-order valence-electron chi connectivity index (χ0n) is 10.5. The van der Waals surface area contributed by atoms with Crippen LogP contribution in [0.1, 0.15) is 18.4 Å². The Hall–Kier alpha value is -1.02. The summed E-state index contributed by atoms with van der Waals surface area (Å²) in [5.41, 5.74) is 3.53. The number of hydrogen-bond acceptors (Lipinski definition) is 1. The third-order valence-corrected chi connectivity index (χ3v) is 3.84. The van der Waals surface area contributed by atoms with Crippen LogP contribution in [0.15, 0.2) is 42.5 Å². The predicted octanol–water partition coefficient (Wildman–Crippen LogP) is 4.91. The molecule has 3 heteroatoms. The van der Waals surface area contributed by atoms with Gasteiger partial charge in [0.25, 0.3) is 0 Å². The van der Waals surface area contributed by atoms with Gasteiger partial charge in [-0.25, -0.2) is 0 Å². The van der Waals surface area contributed by atoms with Crippen LogP contribution < -0.4 is 5.32 Å². The molecule has 1 aliphatic carbocycles. The van der Waals surface area contributed by atoms with Gasteiger partial charge >= 0.3 is 0 Å². The Labute approximate surface area is 123 Å². The first-order valence-corrected chi connectivity index (χ1v) is 7.26. The highest BCUT2D eigenvalue weighted by atomic mass is 35.5. The van der Waals surface area contributed by atoms with E-state index in [0.717, 1.165) is 27.7 Å². The third-order valence-electron chi connectivity index (χ3n) is 3.37. The molecule has 3 rings (SSSR count). The zero-order valence-corrected chi connectivity index (χ0v) is 12.0. The van der Waals surface area contributed by atoms with E-state index in [1.165, 1.54) is 18.4 Å². The van der Waals surface area contributed by atoms with Gasteiger partial charge in [0.1, 0.15) is 0 Å². The van der Waals surface area contributed by atoms with E-state index in [-0.39, 0.29) is 0 Å². The summed E-state index contributed by atoms with van der Waals surface area (Å²) in [5, 5.41) is 5.04. The van der Waals surface area contributed by atoms with Crippen molar-refractivity contribution in [2.75, 3.05) is 0 Å². The van der Waals surface area contributed by atoms with Crippen molar-refractivity contribution >= 4 is 23.2 Å². The topological polar surface area (TPSA) is 12.0 Å². The maximum absolute atomic E-state index is 6.13. The lowest BCUT2D eigenvalue weighted by Crippen LogP contribution is -2.15. The average molecular weight is 292 g/mol. The molecule has 98 valence electrons. The van der Waals surface area contributed by atoms with Crippen LogP contribution in [0.3, 0.4) is 0 Å². The molecule has 0 amide bonds. The second-order valence-electron chi connectivity index (χ2n) is 4.97. The van der Waals surface area contributed by atoms with Gasteiger partial charge in [-0.05, 0) is 53.8 Å². The molecule has 1 aliphatic rings. The highest BCUT2D eigenvalue weighted by Crippen LogP contribution is 2.29. The largest absolute Gasteiger partial charge is 0.310 e. The highest BCUT2D eigenvalue weighted by molar-refractivity contribution is 6.31. The molecule has 0 heterocycles. The van der Waals surface area contributed by atoms with Crippen molar-refractivity contribution in [2.24, 2.45) is 0 Å². The summed E-state index contributed by atoms with van der Waals surface area (Å²) >= 11 is 12.2. The van der Waals surface area contributed by atoms with Crippen molar-refractivity contribution in [1.82, 2.24) is 5.32 Å². The molecule has 0 saturated heterocycles. The van der Waals surface area contributed by atoms with Gasteiger partial charge in [-0.3, -0.25) is 0 Å². The number of nitrogens with one attached hydrogen (secondary N) is 1. The van der Waals surface area contributed by atoms with Crippen LogP contribution in [0, 0.1) is 0 Å². The smallest absolute Gasteiger partial charge is 0.0412 e. The lowest BCUT2D eigenvalue weighted by atomic mass is 9.99. The Morgan fingerprint density at radius 3 is 2.53 bits per heavy atom. The van der Waals surface area contributed by atoms with Gasteiger partial charge in [-0.1, -0.05) is 41.4 Å². The van der Waals surface area contributed by atoms with Gasteiger partial charge in [0.05, 0.1) is 0 Å². The summed E-state index contributed by atoms with van der Waals surface area (Å²) < 4.78 is 0. The van der Waals surface area contributed by atoms with Crippen LogP contribution in [-0.2, 0) is 6.54 Å². The Bertz CT molecular complexity index is 591. The molecule has 0 unspecified atom stereocenters. The third kappa shape index (κ3) is 3.30. The molecule has 1 N–H and O–H groups in total. The molecule has 2 aromatic rings. The van der Waals surface area contributed by atoms with E-state index in [9.17, 15) is 0 Å². The van der Waals surface area contributed by atoms with Crippen molar-refractivity contribution in [3.05, 3.63) is 58.1 Å². The molecule has 0 atom stereocenters. The molecule has 19 heavy (non-hydrogen) atoms. The van der Waals surface area contributed by atoms with Crippen LogP contribution in [0.2, 0.25) is 10.0 Å². The van der Waals surface area contributed by atoms with Crippen molar-refractivity contribution < 1.29 is 0 Å². The summed E-state index contributed by atoms with van der Waals surface area (Å²) in [6, 6.07) is 14.6. The second kappa shape index (κ2) is 5.54. The van der Waals surface area contributed by atoms with E-state index in [1.807, 2.05) is 30.3 Å². The summed E-state index contributed by atoms with van der Waals surface area (Å²) in [4.78, 5) is 0. The van der Waals surface area contributed by atoms with E-state index in [4.69, 9.17) is 23.2 Å². The van der Waals surface area contributed by atoms with Gasteiger partial charge in [0, 0.05) is 22.6 Å². The van der Waals surface area contributed by atoms with E-state index in [1.54, 1.807) is 0 Å². The molecule has 1 nitrogen and oxygen atoms in total. The van der Waals surface area contributed by atoms with Crippen LogP contribution in [-0.4, -0.2) is 6.04 Å². The minimum absolute atomic E-state index is 0.697.